The summed E-state index contributed by atoms with van der Waals surface area (Å²) in [6, 6.07) is 16.9. The van der Waals surface area contributed by atoms with Crippen LogP contribution in [0.3, 0.4) is 0 Å². The Morgan fingerprint density at radius 3 is 2.37 bits per heavy atom. The fourth-order valence-corrected chi connectivity index (χ4v) is 3.91. The molecule has 30 heavy (non-hydrogen) atoms. The van der Waals surface area contributed by atoms with Crippen molar-refractivity contribution in [1.29, 1.82) is 0 Å². The normalized spacial score (nSPS) is 14.3. The number of hydrogen-bond donors (Lipinski definition) is 0. The number of anilines is 2. The molecule has 0 radical (unpaired) electrons. The molecule has 1 aliphatic heterocycles. The lowest BCUT2D eigenvalue weighted by molar-refractivity contribution is 0.156. The maximum absolute atomic E-state index is 13.6. The Bertz CT molecular complexity index is 1120. The van der Waals surface area contributed by atoms with E-state index in [0.717, 1.165) is 28.5 Å². The van der Waals surface area contributed by atoms with Gasteiger partial charge in [0.15, 0.2) is 0 Å². The smallest absolute Gasteiger partial charge is 0.259 e. The highest BCUT2D eigenvalue weighted by Gasteiger charge is 2.29. The average molecular weight is 403 g/mol. The number of rotatable bonds is 4. The van der Waals surface area contributed by atoms with Crippen molar-refractivity contribution >= 4 is 11.6 Å². The van der Waals surface area contributed by atoms with E-state index in [-0.39, 0.29) is 5.56 Å². The van der Waals surface area contributed by atoms with Gasteiger partial charge in [-0.1, -0.05) is 36.4 Å². The maximum Gasteiger partial charge on any atom is 0.259 e. The molecule has 0 atom stereocenters. The molecule has 0 bridgehead atoms. The summed E-state index contributed by atoms with van der Waals surface area (Å²) >= 11 is 0. The summed E-state index contributed by atoms with van der Waals surface area (Å²) in [5, 5.41) is 0. The van der Waals surface area contributed by atoms with Crippen LogP contribution in [0.2, 0.25) is 0 Å². The average Bonchev–Trinajstić information content (AvgIpc) is 2.73. The summed E-state index contributed by atoms with van der Waals surface area (Å²) in [5.74, 6) is 0.731. The molecule has 2 aromatic carbocycles. The van der Waals surface area contributed by atoms with Crippen molar-refractivity contribution in [3.8, 4) is 0 Å². The first-order valence-electron chi connectivity index (χ1n) is 10.6. The second kappa shape index (κ2) is 8.07. The van der Waals surface area contributed by atoms with Crippen molar-refractivity contribution < 1.29 is 0 Å². The highest BCUT2D eigenvalue weighted by atomic mass is 16.1. The number of fused-ring (bicyclic) bond motifs is 1. The molecule has 5 nitrogen and oxygen atoms in total. The molecule has 3 aromatic rings. The zero-order valence-corrected chi connectivity index (χ0v) is 18.5. The van der Waals surface area contributed by atoms with Gasteiger partial charge in [-0.15, -0.1) is 0 Å². The van der Waals surface area contributed by atoms with Gasteiger partial charge in [0.25, 0.3) is 5.56 Å². The van der Waals surface area contributed by atoms with Crippen LogP contribution in [0.4, 0.5) is 11.6 Å². The molecule has 0 spiro atoms. The second-order valence-electron chi connectivity index (χ2n) is 8.53. The second-order valence-corrected chi connectivity index (χ2v) is 8.53. The topological polar surface area (TPSA) is 41.4 Å². The summed E-state index contributed by atoms with van der Waals surface area (Å²) in [4.78, 5) is 23.0. The quantitative estimate of drug-likeness (QED) is 0.643. The van der Waals surface area contributed by atoms with Gasteiger partial charge in [0.2, 0.25) is 5.95 Å². The van der Waals surface area contributed by atoms with Gasteiger partial charge in [-0.2, -0.15) is 0 Å². The van der Waals surface area contributed by atoms with E-state index >= 15 is 0 Å². The first-order valence-corrected chi connectivity index (χ1v) is 10.6. The van der Waals surface area contributed by atoms with Gasteiger partial charge >= 0.3 is 0 Å². The molecule has 0 amide bonds. The molecule has 0 saturated carbocycles. The molecule has 4 rings (SSSR count). The van der Waals surface area contributed by atoms with Crippen LogP contribution in [0.5, 0.6) is 0 Å². The molecule has 1 aliphatic rings. The van der Waals surface area contributed by atoms with Crippen LogP contribution >= 0.6 is 0 Å². The Balaban J connectivity index is 1.84. The van der Waals surface area contributed by atoms with Crippen LogP contribution in [0.15, 0.2) is 53.3 Å². The summed E-state index contributed by atoms with van der Waals surface area (Å²) in [6.07, 6.45) is 0.601. The van der Waals surface area contributed by atoms with Crippen molar-refractivity contribution in [3.63, 3.8) is 0 Å². The lowest BCUT2D eigenvalue weighted by Crippen LogP contribution is -2.50. The number of benzene rings is 2. The standard InChI is InChI=1S/C25H30N4O/c1-17(2)27-15-28(22-12-11-18(3)19(4)13-22)25-26-20(5)23(24(30)29(25)16-27)14-21-9-7-6-8-10-21/h6-13,17H,14-16H2,1-5H3. The van der Waals surface area contributed by atoms with Crippen LogP contribution < -0.4 is 10.5 Å². The van der Waals surface area contributed by atoms with Crippen molar-refractivity contribution in [3.05, 3.63) is 86.8 Å². The Morgan fingerprint density at radius 2 is 1.70 bits per heavy atom. The fraction of sp³-hybridized carbons (Fsp3) is 0.360. The van der Waals surface area contributed by atoms with Gasteiger partial charge in [-0.25, -0.2) is 4.98 Å². The fourth-order valence-electron chi connectivity index (χ4n) is 3.91. The molecule has 0 N–H and O–H groups in total. The van der Waals surface area contributed by atoms with Crippen molar-refractivity contribution in [2.24, 2.45) is 0 Å². The van der Waals surface area contributed by atoms with Gasteiger partial charge in [-0.3, -0.25) is 19.2 Å². The van der Waals surface area contributed by atoms with E-state index < -0.39 is 0 Å². The highest BCUT2D eigenvalue weighted by Crippen LogP contribution is 2.30. The molecule has 5 heteroatoms. The highest BCUT2D eigenvalue weighted by molar-refractivity contribution is 5.60. The van der Waals surface area contributed by atoms with Crippen LogP contribution in [-0.4, -0.2) is 27.2 Å². The monoisotopic (exact) mass is 402 g/mol. The van der Waals surface area contributed by atoms with E-state index in [4.69, 9.17) is 4.98 Å². The Morgan fingerprint density at radius 1 is 0.967 bits per heavy atom. The third-order valence-corrected chi connectivity index (χ3v) is 6.09. The zero-order valence-electron chi connectivity index (χ0n) is 18.5. The van der Waals surface area contributed by atoms with E-state index in [1.165, 1.54) is 11.1 Å². The molecule has 0 aliphatic carbocycles. The van der Waals surface area contributed by atoms with Crippen LogP contribution in [0.25, 0.3) is 0 Å². The largest absolute Gasteiger partial charge is 0.298 e. The maximum atomic E-state index is 13.6. The van der Waals surface area contributed by atoms with Crippen molar-refractivity contribution in [2.75, 3.05) is 11.6 Å². The van der Waals surface area contributed by atoms with E-state index in [2.05, 4.69) is 67.8 Å². The Kier molecular flexibility index (Phi) is 5.48. The molecule has 2 heterocycles. The van der Waals surface area contributed by atoms with Gasteiger partial charge in [0.1, 0.15) is 0 Å². The summed E-state index contributed by atoms with van der Waals surface area (Å²) in [7, 11) is 0. The minimum Gasteiger partial charge on any atom is -0.298 e. The molecule has 0 unspecified atom stereocenters. The van der Waals surface area contributed by atoms with E-state index in [1.54, 1.807) is 0 Å². The number of aromatic nitrogens is 2. The van der Waals surface area contributed by atoms with Gasteiger partial charge < -0.3 is 0 Å². The van der Waals surface area contributed by atoms with E-state index in [1.807, 2.05) is 29.7 Å². The van der Waals surface area contributed by atoms with Gasteiger partial charge in [0.05, 0.1) is 19.0 Å². The third kappa shape index (κ3) is 3.77. The molecule has 156 valence electrons. The summed E-state index contributed by atoms with van der Waals surface area (Å²) in [5.41, 5.74) is 6.33. The van der Waals surface area contributed by atoms with Crippen molar-refractivity contribution in [1.82, 2.24) is 14.5 Å². The first kappa shape index (κ1) is 20.4. The Hall–Kier alpha value is -2.92. The lowest BCUT2D eigenvalue weighted by atomic mass is 10.0. The summed E-state index contributed by atoms with van der Waals surface area (Å²) in [6.45, 7) is 11.8. The zero-order chi connectivity index (χ0) is 21.4. The van der Waals surface area contributed by atoms with Crippen LogP contribution in [0, 0.1) is 20.8 Å². The van der Waals surface area contributed by atoms with E-state index in [9.17, 15) is 4.79 Å². The number of aryl methyl sites for hydroxylation is 3. The predicted molar refractivity (Wildman–Crippen MR) is 122 cm³/mol. The number of hydrogen-bond acceptors (Lipinski definition) is 4. The molecule has 1 aromatic heterocycles. The summed E-state index contributed by atoms with van der Waals surface area (Å²) < 4.78 is 1.84. The predicted octanol–water partition coefficient (Wildman–Crippen LogP) is 4.54. The minimum absolute atomic E-state index is 0.0561. The lowest BCUT2D eigenvalue weighted by Gasteiger charge is -2.40. The van der Waals surface area contributed by atoms with Crippen LogP contribution in [0.1, 0.15) is 41.8 Å². The molecule has 0 fully saturated rings. The minimum atomic E-state index is 0.0561. The van der Waals surface area contributed by atoms with Crippen molar-refractivity contribution in [2.45, 2.75) is 53.8 Å². The molecular formula is C25H30N4O. The first-order chi connectivity index (χ1) is 14.3. The number of nitrogens with zero attached hydrogens (tertiary/aromatic N) is 4. The molecule has 0 saturated heterocycles. The Labute approximate surface area is 178 Å². The molecular weight excluding hydrogens is 372 g/mol. The van der Waals surface area contributed by atoms with Gasteiger partial charge in [0, 0.05) is 23.7 Å². The third-order valence-electron chi connectivity index (χ3n) is 6.09. The van der Waals surface area contributed by atoms with E-state index in [0.29, 0.717) is 25.8 Å². The van der Waals surface area contributed by atoms with Crippen LogP contribution in [-0.2, 0) is 13.1 Å². The SMILES string of the molecule is Cc1ccc(N2CN(C(C)C)Cn3c2nc(C)c(Cc2ccccc2)c3=O)cc1C. The van der Waals surface area contributed by atoms with Gasteiger partial charge in [-0.05, 0) is 63.4 Å².